The zero-order valence-corrected chi connectivity index (χ0v) is 9.93. The van der Waals surface area contributed by atoms with E-state index in [4.69, 9.17) is 5.84 Å². The molecule has 1 atom stereocenters. The molecule has 1 aromatic rings. The average molecular weight is 241 g/mol. The number of aryl methyl sites for hydroxylation is 1. The Kier molecular flexibility index (Phi) is 3.79. The number of carbonyl (C=O) groups is 1. The molecule has 0 aliphatic heterocycles. The molecular weight excluding hydrogens is 226 g/mol. The first-order valence-corrected chi connectivity index (χ1v) is 5.07. The molecule has 0 aromatic carbocycles. The van der Waals surface area contributed by atoms with Gasteiger partial charge in [-0.1, -0.05) is 6.92 Å². The van der Waals surface area contributed by atoms with Crippen molar-refractivity contribution in [3.63, 3.8) is 0 Å². The summed E-state index contributed by atoms with van der Waals surface area (Å²) >= 11 is 0. The molecular formula is C9H15N5O3. The maximum absolute atomic E-state index is 11.2. The molecule has 0 aliphatic carbocycles. The van der Waals surface area contributed by atoms with Gasteiger partial charge in [0.05, 0.1) is 17.4 Å². The Hall–Kier alpha value is -1.96. The quantitative estimate of drug-likeness (QED) is 0.334. The van der Waals surface area contributed by atoms with Crippen LogP contribution in [-0.4, -0.2) is 20.6 Å². The third-order valence-electron chi connectivity index (χ3n) is 2.56. The van der Waals surface area contributed by atoms with E-state index in [1.807, 2.05) is 5.43 Å². The Labute approximate surface area is 97.9 Å². The van der Waals surface area contributed by atoms with Crippen molar-refractivity contribution in [3.8, 4) is 0 Å². The fourth-order valence-electron chi connectivity index (χ4n) is 1.61. The van der Waals surface area contributed by atoms with Crippen molar-refractivity contribution in [2.75, 3.05) is 0 Å². The molecule has 0 saturated heterocycles. The molecule has 17 heavy (non-hydrogen) atoms. The maximum Gasteiger partial charge on any atom is 0.312 e. The normalized spacial score (nSPS) is 12.2. The molecule has 1 heterocycles. The molecule has 1 aromatic heterocycles. The van der Waals surface area contributed by atoms with Gasteiger partial charge < -0.3 is 0 Å². The number of nitro groups is 1. The fraction of sp³-hybridized carbons (Fsp3) is 0.556. The Morgan fingerprint density at radius 2 is 2.24 bits per heavy atom. The van der Waals surface area contributed by atoms with Crippen LogP contribution in [0.15, 0.2) is 0 Å². The Bertz CT molecular complexity index is 454. The van der Waals surface area contributed by atoms with Gasteiger partial charge in [0, 0.05) is 0 Å². The van der Waals surface area contributed by atoms with E-state index in [0.717, 1.165) is 0 Å². The second kappa shape index (κ2) is 4.91. The molecule has 8 nitrogen and oxygen atoms in total. The van der Waals surface area contributed by atoms with Crippen LogP contribution in [0, 0.1) is 29.9 Å². The van der Waals surface area contributed by atoms with Crippen molar-refractivity contribution in [3.05, 3.63) is 21.5 Å². The fourth-order valence-corrected chi connectivity index (χ4v) is 1.61. The summed E-state index contributed by atoms with van der Waals surface area (Å²) in [5, 5.41) is 14.8. The van der Waals surface area contributed by atoms with Gasteiger partial charge in [0.25, 0.3) is 0 Å². The molecule has 0 aliphatic rings. The Balaban J connectivity index is 2.97. The molecule has 1 amide bonds. The highest BCUT2D eigenvalue weighted by molar-refractivity contribution is 5.77. The van der Waals surface area contributed by atoms with Gasteiger partial charge in [-0.3, -0.25) is 25.0 Å². The van der Waals surface area contributed by atoms with Crippen LogP contribution in [0.2, 0.25) is 0 Å². The summed E-state index contributed by atoms with van der Waals surface area (Å²) in [6.45, 7) is 5.09. The predicted octanol–water partition coefficient (Wildman–Crippen LogP) is 0.0341. The minimum absolute atomic E-state index is 0.00893. The van der Waals surface area contributed by atoms with Crippen LogP contribution in [0.3, 0.4) is 0 Å². The monoisotopic (exact) mass is 241 g/mol. The van der Waals surface area contributed by atoms with Gasteiger partial charge in [0.15, 0.2) is 0 Å². The number of nitrogens with two attached hydrogens (primary N) is 1. The van der Waals surface area contributed by atoms with E-state index in [-0.39, 0.29) is 18.1 Å². The molecule has 3 N–H and O–H groups in total. The van der Waals surface area contributed by atoms with E-state index < -0.39 is 10.8 Å². The zero-order valence-electron chi connectivity index (χ0n) is 9.93. The molecule has 0 fully saturated rings. The van der Waals surface area contributed by atoms with E-state index in [0.29, 0.717) is 11.4 Å². The van der Waals surface area contributed by atoms with Crippen LogP contribution in [0.25, 0.3) is 0 Å². The molecule has 0 unspecified atom stereocenters. The molecule has 0 radical (unpaired) electrons. The minimum Gasteiger partial charge on any atom is -0.294 e. The number of rotatable bonds is 4. The van der Waals surface area contributed by atoms with Crippen LogP contribution in [0.5, 0.6) is 0 Å². The first-order chi connectivity index (χ1) is 7.88. The minimum atomic E-state index is -0.470. The van der Waals surface area contributed by atoms with Gasteiger partial charge in [0.2, 0.25) is 5.91 Å². The largest absolute Gasteiger partial charge is 0.312 e. The third-order valence-corrected chi connectivity index (χ3v) is 2.56. The van der Waals surface area contributed by atoms with Gasteiger partial charge in [-0.2, -0.15) is 5.10 Å². The van der Waals surface area contributed by atoms with E-state index in [2.05, 4.69) is 5.10 Å². The first-order valence-electron chi connectivity index (χ1n) is 5.07. The molecule has 1 rings (SSSR count). The lowest BCUT2D eigenvalue weighted by Gasteiger charge is -2.10. The summed E-state index contributed by atoms with van der Waals surface area (Å²) < 4.78 is 1.45. The smallest absolute Gasteiger partial charge is 0.294 e. The van der Waals surface area contributed by atoms with Crippen LogP contribution in [0.1, 0.15) is 18.3 Å². The summed E-state index contributed by atoms with van der Waals surface area (Å²) in [6, 6.07) is 0. The van der Waals surface area contributed by atoms with Crippen molar-refractivity contribution in [1.82, 2.24) is 15.2 Å². The van der Waals surface area contributed by atoms with Crippen molar-refractivity contribution in [2.45, 2.75) is 27.3 Å². The average Bonchev–Trinajstić information content (AvgIpc) is 2.52. The van der Waals surface area contributed by atoms with Gasteiger partial charge >= 0.3 is 5.69 Å². The van der Waals surface area contributed by atoms with Crippen molar-refractivity contribution in [1.29, 1.82) is 0 Å². The van der Waals surface area contributed by atoms with Crippen molar-refractivity contribution < 1.29 is 9.72 Å². The Morgan fingerprint density at radius 1 is 1.65 bits per heavy atom. The van der Waals surface area contributed by atoms with E-state index in [1.54, 1.807) is 20.8 Å². The van der Waals surface area contributed by atoms with Crippen LogP contribution >= 0.6 is 0 Å². The van der Waals surface area contributed by atoms with E-state index >= 15 is 0 Å². The van der Waals surface area contributed by atoms with Crippen molar-refractivity contribution in [2.24, 2.45) is 11.8 Å². The van der Waals surface area contributed by atoms with Crippen LogP contribution in [-0.2, 0) is 11.3 Å². The summed E-state index contributed by atoms with van der Waals surface area (Å²) in [6.07, 6.45) is 0. The molecule has 8 heteroatoms. The number of carbonyl (C=O) groups excluding carboxylic acids is 1. The topological polar surface area (TPSA) is 116 Å². The molecule has 0 bridgehead atoms. The number of nitrogens with zero attached hydrogens (tertiary/aromatic N) is 3. The number of aromatic nitrogens is 2. The van der Waals surface area contributed by atoms with Gasteiger partial charge in [-0.25, -0.2) is 5.84 Å². The summed E-state index contributed by atoms with van der Waals surface area (Å²) in [5.74, 6) is 4.27. The van der Waals surface area contributed by atoms with Crippen LogP contribution in [0.4, 0.5) is 5.69 Å². The number of hydrogen-bond donors (Lipinski definition) is 2. The first kappa shape index (κ1) is 13.1. The molecule has 0 saturated carbocycles. The second-order valence-electron chi connectivity index (χ2n) is 3.87. The SMILES string of the molecule is Cc1nn(C[C@H](C)C(=O)NN)c(C)c1[N+](=O)[O-]. The van der Waals surface area contributed by atoms with Crippen LogP contribution < -0.4 is 11.3 Å². The highest BCUT2D eigenvalue weighted by Crippen LogP contribution is 2.22. The predicted molar refractivity (Wildman–Crippen MR) is 59.8 cm³/mol. The standard InChI is InChI=1S/C9H15N5O3/c1-5(9(15)11-10)4-13-7(3)8(14(16)17)6(2)12-13/h5H,4,10H2,1-3H3,(H,11,15)/t5-/m0/s1. The number of nitrogens with one attached hydrogen (secondary N) is 1. The van der Waals surface area contributed by atoms with Gasteiger partial charge in [-0.05, 0) is 13.8 Å². The highest BCUT2D eigenvalue weighted by Gasteiger charge is 2.23. The summed E-state index contributed by atoms with van der Waals surface area (Å²) in [7, 11) is 0. The number of hydrazine groups is 1. The number of amides is 1. The van der Waals surface area contributed by atoms with Gasteiger partial charge in [0.1, 0.15) is 11.4 Å². The lowest BCUT2D eigenvalue weighted by Crippen LogP contribution is -2.36. The van der Waals surface area contributed by atoms with E-state index in [9.17, 15) is 14.9 Å². The second-order valence-corrected chi connectivity index (χ2v) is 3.87. The zero-order chi connectivity index (χ0) is 13.2. The van der Waals surface area contributed by atoms with E-state index in [1.165, 1.54) is 4.68 Å². The molecule has 94 valence electrons. The summed E-state index contributed by atoms with van der Waals surface area (Å²) in [5.41, 5.74) is 2.80. The van der Waals surface area contributed by atoms with Crippen molar-refractivity contribution >= 4 is 11.6 Å². The highest BCUT2D eigenvalue weighted by atomic mass is 16.6. The maximum atomic E-state index is 11.2. The number of hydrogen-bond acceptors (Lipinski definition) is 5. The summed E-state index contributed by atoms with van der Waals surface area (Å²) in [4.78, 5) is 21.6. The Morgan fingerprint density at radius 3 is 2.65 bits per heavy atom. The third kappa shape index (κ3) is 2.59. The lowest BCUT2D eigenvalue weighted by molar-refractivity contribution is -0.386. The van der Waals surface area contributed by atoms with Gasteiger partial charge in [-0.15, -0.1) is 0 Å². The molecule has 0 spiro atoms. The lowest BCUT2D eigenvalue weighted by atomic mass is 10.1.